The van der Waals surface area contributed by atoms with Crippen LogP contribution in [0.1, 0.15) is 33.6 Å². The van der Waals surface area contributed by atoms with Crippen molar-refractivity contribution in [3.8, 4) is 0 Å². The maximum atomic E-state index is 12.2. The van der Waals surface area contributed by atoms with E-state index < -0.39 is 0 Å². The Kier molecular flexibility index (Phi) is 6.27. The molecule has 2 heterocycles. The van der Waals surface area contributed by atoms with Gasteiger partial charge in [0.15, 0.2) is 0 Å². The van der Waals surface area contributed by atoms with Crippen molar-refractivity contribution >= 4 is 11.9 Å². The fourth-order valence-electron chi connectivity index (χ4n) is 2.50. The van der Waals surface area contributed by atoms with Crippen molar-refractivity contribution in [2.24, 2.45) is 5.92 Å². The average Bonchev–Trinajstić information content (AvgIpc) is 2.53. The molecule has 1 aliphatic heterocycles. The van der Waals surface area contributed by atoms with Crippen molar-refractivity contribution < 1.29 is 9.53 Å². The number of likely N-dealkylation sites (tertiary alicyclic amines) is 1. The van der Waals surface area contributed by atoms with Crippen LogP contribution in [0.3, 0.4) is 0 Å². The van der Waals surface area contributed by atoms with Gasteiger partial charge in [-0.2, -0.15) is 0 Å². The SMILES string of the molecule is CC(C)COC1CCN(C(C)C(=O)Nc2ncccn2)CC1. The minimum absolute atomic E-state index is 0.0623. The molecule has 1 fully saturated rings. The van der Waals surface area contributed by atoms with E-state index >= 15 is 0 Å². The number of nitrogens with one attached hydrogen (secondary N) is 1. The van der Waals surface area contributed by atoms with Gasteiger partial charge >= 0.3 is 0 Å². The molecule has 1 aromatic heterocycles. The van der Waals surface area contributed by atoms with Gasteiger partial charge in [0.25, 0.3) is 0 Å². The summed E-state index contributed by atoms with van der Waals surface area (Å²) < 4.78 is 5.88. The molecule has 1 atom stereocenters. The molecular formula is C16H26N4O2. The van der Waals surface area contributed by atoms with Gasteiger partial charge in [0, 0.05) is 32.1 Å². The third-order valence-corrected chi connectivity index (χ3v) is 3.87. The number of carbonyl (C=O) groups is 1. The lowest BCUT2D eigenvalue weighted by Crippen LogP contribution is -2.47. The van der Waals surface area contributed by atoms with E-state index in [1.54, 1.807) is 18.5 Å². The Morgan fingerprint density at radius 2 is 1.95 bits per heavy atom. The lowest BCUT2D eigenvalue weighted by atomic mass is 10.1. The van der Waals surface area contributed by atoms with Crippen LogP contribution in [0.15, 0.2) is 18.5 Å². The monoisotopic (exact) mass is 306 g/mol. The summed E-state index contributed by atoms with van der Waals surface area (Å²) in [6.07, 6.45) is 5.51. The van der Waals surface area contributed by atoms with Crippen molar-refractivity contribution in [3.63, 3.8) is 0 Å². The quantitative estimate of drug-likeness (QED) is 0.870. The van der Waals surface area contributed by atoms with Gasteiger partial charge in [0.05, 0.1) is 12.1 Å². The van der Waals surface area contributed by atoms with E-state index in [0.717, 1.165) is 32.5 Å². The predicted octanol–water partition coefficient (Wildman–Crippen LogP) is 1.94. The fraction of sp³-hybridized carbons (Fsp3) is 0.688. The van der Waals surface area contributed by atoms with E-state index in [-0.39, 0.29) is 11.9 Å². The van der Waals surface area contributed by atoms with Gasteiger partial charge in [-0.25, -0.2) is 9.97 Å². The summed E-state index contributed by atoms with van der Waals surface area (Å²) in [4.78, 5) is 22.5. The van der Waals surface area contributed by atoms with E-state index in [2.05, 4.69) is 34.0 Å². The summed E-state index contributed by atoms with van der Waals surface area (Å²) in [5.74, 6) is 0.857. The maximum absolute atomic E-state index is 12.2. The van der Waals surface area contributed by atoms with E-state index in [1.165, 1.54) is 0 Å². The molecule has 6 heteroatoms. The second-order valence-electron chi connectivity index (χ2n) is 6.20. The van der Waals surface area contributed by atoms with Crippen LogP contribution in [0.2, 0.25) is 0 Å². The number of anilines is 1. The zero-order valence-corrected chi connectivity index (χ0v) is 13.7. The van der Waals surface area contributed by atoms with Crippen LogP contribution in [0.4, 0.5) is 5.95 Å². The van der Waals surface area contributed by atoms with Gasteiger partial charge in [-0.1, -0.05) is 13.8 Å². The number of hydrogen-bond donors (Lipinski definition) is 1. The Labute approximate surface area is 132 Å². The molecule has 1 aliphatic rings. The predicted molar refractivity (Wildman–Crippen MR) is 85.5 cm³/mol. The maximum Gasteiger partial charge on any atom is 0.243 e. The Hall–Kier alpha value is -1.53. The molecule has 122 valence electrons. The minimum Gasteiger partial charge on any atom is -0.378 e. The summed E-state index contributed by atoms with van der Waals surface area (Å²) in [5, 5.41) is 2.76. The number of hydrogen-bond acceptors (Lipinski definition) is 5. The fourth-order valence-corrected chi connectivity index (χ4v) is 2.50. The highest BCUT2D eigenvalue weighted by Gasteiger charge is 2.27. The minimum atomic E-state index is -0.185. The lowest BCUT2D eigenvalue weighted by Gasteiger charge is -2.35. The summed E-state index contributed by atoms with van der Waals surface area (Å²) in [5.41, 5.74) is 0. The molecule has 22 heavy (non-hydrogen) atoms. The van der Waals surface area contributed by atoms with Crippen LogP contribution in [-0.4, -0.2) is 52.6 Å². The molecule has 0 aliphatic carbocycles. The standard InChI is InChI=1S/C16H26N4O2/c1-12(2)11-22-14-5-9-20(10-6-14)13(3)15(21)19-16-17-7-4-8-18-16/h4,7-8,12-14H,5-6,9-11H2,1-3H3,(H,17,18,19,21). The summed E-state index contributed by atoms with van der Waals surface area (Å²) >= 11 is 0. The number of piperidine rings is 1. The third kappa shape index (κ3) is 5.03. The second-order valence-corrected chi connectivity index (χ2v) is 6.20. The molecule has 0 spiro atoms. The van der Waals surface area contributed by atoms with Crippen molar-refractivity contribution in [3.05, 3.63) is 18.5 Å². The van der Waals surface area contributed by atoms with Crippen LogP contribution in [0.25, 0.3) is 0 Å². The smallest absolute Gasteiger partial charge is 0.243 e. The van der Waals surface area contributed by atoms with Crippen LogP contribution in [-0.2, 0) is 9.53 Å². The highest BCUT2D eigenvalue weighted by Crippen LogP contribution is 2.17. The van der Waals surface area contributed by atoms with Crippen LogP contribution < -0.4 is 5.32 Å². The normalized spacial score (nSPS) is 18.4. The molecule has 1 N–H and O–H groups in total. The van der Waals surface area contributed by atoms with Crippen molar-refractivity contribution in [1.82, 2.24) is 14.9 Å². The first-order chi connectivity index (χ1) is 10.6. The topological polar surface area (TPSA) is 67.3 Å². The molecule has 1 aromatic rings. The number of ether oxygens (including phenoxy) is 1. The molecule has 0 radical (unpaired) electrons. The number of aromatic nitrogens is 2. The van der Waals surface area contributed by atoms with Gasteiger partial charge in [0.2, 0.25) is 11.9 Å². The third-order valence-electron chi connectivity index (χ3n) is 3.87. The summed E-state index contributed by atoms with van der Waals surface area (Å²) in [7, 11) is 0. The van der Waals surface area contributed by atoms with Crippen LogP contribution >= 0.6 is 0 Å². The van der Waals surface area contributed by atoms with E-state index in [9.17, 15) is 4.79 Å². The molecule has 1 unspecified atom stereocenters. The first kappa shape index (κ1) is 16.8. The number of carbonyl (C=O) groups excluding carboxylic acids is 1. The zero-order valence-electron chi connectivity index (χ0n) is 13.7. The number of amides is 1. The lowest BCUT2D eigenvalue weighted by molar-refractivity contribution is -0.122. The average molecular weight is 306 g/mol. The molecule has 6 nitrogen and oxygen atoms in total. The Bertz CT molecular complexity index is 458. The number of nitrogens with zero attached hydrogens (tertiary/aromatic N) is 3. The summed E-state index contributed by atoms with van der Waals surface area (Å²) in [6.45, 7) is 8.82. The van der Waals surface area contributed by atoms with Gasteiger partial charge in [-0.15, -0.1) is 0 Å². The van der Waals surface area contributed by atoms with Crippen LogP contribution in [0.5, 0.6) is 0 Å². The molecular weight excluding hydrogens is 280 g/mol. The first-order valence-electron chi connectivity index (χ1n) is 7.99. The first-order valence-corrected chi connectivity index (χ1v) is 7.99. The van der Waals surface area contributed by atoms with E-state index in [4.69, 9.17) is 4.74 Å². The Morgan fingerprint density at radius 3 is 2.55 bits per heavy atom. The van der Waals surface area contributed by atoms with Gasteiger partial charge < -0.3 is 4.74 Å². The Morgan fingerprint density at radius 1 is 1.32 bits per heavy atom. The van der Waals surface area contributed by atoms with E-state index in [1.807, 2.05) is 6.92 Å². The molecule has 1 amide bonds. The van der Waals surface area contributed by atoms with Crippen molar-refractivity contribution in [1.29, 1.82) is 0 Å². The highest BCUT2D eigenvalue weighted by molar-refractivity contribution is 5.93. The highest BCUT2D eigenvalue weighted by atomic mass is 16.5. The van der Waals surface area contributed by atoms with Crippen LogP contribution in [0, 0.1) is 5.92 Å². The molecule has 0 aromatic carbocycles. The van der Waals surface area contributed by atoms with Gasteiger partial charge in [-0.05, 0) is 31.7 Å². The number of rotatable bonds is 6. The molecule has 1 saturated heterocycles. The van der Waals surface area contributed by atoms with Gasteiger partial charge in [0.1, 0.15) is 0 Å². The summed E-state index contributed by atoms with van der Waals surface area (Å²) in [6, 6.07) is 1.54. The van der Waals surface area contributed by atoms with Gasteiger partial charge in [-0.3, -0.25) is 15.0 Å². The molecule has 2 rings (SSSR count). The Balaban J connectivity index is 1.77. The van der Waals surface area contributed by atoms with E-state index in [0.29, 0.717) is 18.0 Å². The molecule has 0 saturated carbocycles. The zero-order chi connectivity index (χ0) is 15.9. The van der Waals surface area contributed by atoms with Crippen molar-refractivity contribution in [2.45, 2.75) is 45.8 Å². The largest absolute Gasteiger partial charge is 0.378 e. The molecule has 0 bridgehead atoms. The van der Waals surface area contributed by atoms with Crippen molar-refractivity contribution in [2.75, 3.05) is 25.0 Å². The second kappa shape index (κ2) is 8.19.